The first-order chi connectivity index (χ1) is 12.0. The highest BCUT2D eigenvalue weighted by atomic mass is 32.2. The van der Waals surface area contributed by atoms with Gasteiger partial charge >= 0.3 is 0 Å². The van der Waals surface area contributed by atoms with Crippen molar-refractivity contribution in [3.05, 3.63) is 65.5 Å². The van der Waals surface area contributed by atoms with Crippen LogP contribution in [0.15, 0.2) is 57.9 Å². The number of nitrogens with one attached hydrogen (secondary N) is 1. The Morgan fingerprint density at radius 3 is 2.48 bits per heavy atom. The fourth-order valence-corrected chi connectivity index (χ4v) is 3.68. The van der Waals surface area contributed by atoms with E-state index >= 15 is 0 Å². The largest absolute Gasteiger partial charge is 0.339 e. The highest BCUT2D eigenvalue weighted by Gasteiger charge is 2.16. The van der Waals surface area contributed by atoms with E-state index in [0.29, 0.717) is 23.7 Å². The van der Waals surface area contributed by atoms with Crippen LogP contribution in [0.2, 0.25) is 0 Å². The van der Waals surface area contributed by atoms with Crippen molar-refractivity contribution in [3.8, 4) is 11.4 Å². The molecule has 1 heterocycles. The number of hydrogen-bond donors (Lipinski definition) is 1. The second-order valence-corrected chi connectivity index (χ2v) is 7.53. The summed E-state index contributed by atoms with van der Waals surface area (Å²) in [7, 11) is -3.55. The average Bonchev–Trinajstić information content (AvgIpc) is 3.04. The molecule has 3 rings (SSSR count). The first-order valence-electron chi connectivity index (χ1n) is 7.90. The Hall–Kier alpha value is -2.51. The lowest BCUT2D eigenvalue weighted by atomic mass is 10.1. The van der Waals surface area contributed by atoms with Crippen molar-refractivity contribution in [2.24, 2.45) is 0 Å². The minimum absolute atomic E-state index is 0.187. The third-order valence-corrected chi connectivity index (χ3v) is 5.41. The molecule has 0 aliphatic carbocycles. The van der Waals surface area contributed by atoms with Gasteiger partial charge in [0.05, 0.1) is 4.90 Å². The Kier molecular flexibility index (Phi) is 4.96. The molecule has 0 amide bonds. The number of aryl methyl sites for hydroxylation is 2. The third kappa shape index (κ3) is 4.12. The quantitative estimate of drug-likeness (QED) is 0.733. The van der Waals surface area contributed by atoms with Crippen LogP contribution in [0.5, 0.6) is 0 Å². The fourth-order valence-electron chi connectivity index (χ4n) is 2.40. The van der Waals surface area contributed by atoms with E-state index in [1.807, 2.05) is 31.2 Å². The molecule has 0 saturated carbocycles. The van der Waals surface area contributed by atoms with Gasteiger partial charge in [-0.05, 0) is 25.5 Å². The third-order valence-electron chi connectivity index (χ3n) is 3.79. The molecule has 25 heavy (non-hydrogen) atoms. The molecular formula is C18H19N3O3S. The predicted molar refractivity (Wildman–Crippen MR) is 94.5 cm³/mol. The molecule has 0 bridgehead atoms. The zero-order valence-corrected chi connectivity index (χ0v) is 14.9. The van der Waals surface area contributed by atoms with Crippen molar-refractivity contribution in [1.29, 1.82) is 0 Å². The summed E-state index contributed by atoms with van der Waals surface area (Å²) in [6.07, 6.45) is 0.323. The van der Waals surface area contributed by atoms with E-state index < -0.39 is 10.0 Å². The Morgan fingerprint density at radius 1 is 1.04 bits per heavy atom. The molecule has 2 aromatic carbocycles. The molecule has 0 aliphatic rings. The fraction of sp³-hybridized carbons (Fsp3) is 0.222. The SMILES string of the molecule is Cc1ccc(-c2noc(CCNS(=O)(=O)c3ccccc3C)n2)cc1. The van der Waals surface area contributed by atoms with Crippen molar-refractivity contribution in [3.63, 3.8) is 0 Å². The van der Waals surface area contributed by atoms with Gasteiger partial charge in [-0.15, -0.1) is 0 Å². The molecule has 0 aliphatic heterocycles. The summed E-state index contributed by atoms with van der Waals surface area (Å²) in [6, 6.07) is 14.6. The second kappa shape index (κ2) is 7.16. The van der Waals surface area contributed by atoms with E-state index in [4.69, 9.17) is 4.52 Å². The molecule has 0 saturated heterocycles. The van der Waals surface area contributed by atoms with Crippen LogP contribution in [0, 0.1) is 13.8 Å². The summed E-state index contributed by atoms with van der Waals surface area (Å²) in [5.41, 5.74) is 2.72. The molecular weight excluding hydrogens is 338 g/mol. The van der Waals surface area contributed by atoms with E-state index in [9.17, 15) is 8.42 Å². The summed E-state index contributed by atoms with van der Waals surface area (Å²) in [5.74, 6) is 0.889. The zero-order valence-electron chi connectivity index (χ0n) is 14.1. The number of hydrogen-bond acceptors (Lipinski definition) is 5. The summed E-state index contributed by atoms with van der Waals surface area (Å²) in [5, 5.41) is 3.94. The van der Waals surface area contributed by atoms with Crippen LogP contribution >= 0.6 is 0 Å². The van der Waals surface area contributed by atoms with Gasteiger partial charge in [0.15, 0.2) is 0 Å². The van der Waals surface area contributed by atoms with E-state index in [-0.39, 0.29) is 11.4 Å². The van der Waals surface area contributed by atoms with Gasteiger partial charge in [-0.2, -0.15) is 4.98 Å². The van der Waals surface area contributed by atoms with E-state index in [1.165, 1.54) is 0 Å². The maximum absolute atomic E-state index is 12.3. The van der Waals surface area contributed by atoms with Crippen LogP contribution < -0.4 is 4.72 Å². The summed E-state index contributed by atoms with van der Waals surface area (Å²) < 4.78 is 32.4. The van der Waals surface area contributed by atoms with Crippen LogP contribution in [0.4, 0.5) is 0 Å². The van der Waals surface area contributed by atoms with Gasteiger partial charge in [-0.1, -0.05) is 53.2 Å². The highest BCUT2D eigenvalue weighted by molar-refractivity contribution is 7.89. The minimum Gasteiger partial charge on any atom is -0.339 e. The van der Waals surface area contributed by atoms with Gasteiger partial charge in [0.1, 0.15) is 0 Å². The standard InChI is InChI=1S/C18H19N3O3S/c1-13-7-9-15(10-8-13)18-20-17(24-21-18)11-12-19-25(22,23)16-6-4-3-5-14(16)2/h3-10,19H,11-12H2,1-2H3. The van der Waals surface area contributed by atoms with Crippen molar-refractivity contribution >= 4 is 10.0 Å². The van der Waals surface area contributed by atoms with Crippen LogP contribution in [0.3, 0.4) is 0 Å². The van der Waals surface area contributed by atoms with Gasteiger partial charge in [-0.3, -0.25) is 0 Å². The maximum atomic E-state index is 12.3. The van der Waals surface area contributed by atoms with E-state index in [1.54, 1.807) is 31.2 Å². The molecule has 1 N–H and O–H groups in total. The summed E-state index contributed by atoms with van der Waals surface area (Å²) in [4.78, 5) is 4.59. The average molecular weight is 357 g/mol. The Bertz CT molecular complexity index is 963. The smallest absolute Gasteiger partial charge is 0.240 e. The van der Waals surface area contributed by atoms with Crippen molar-refractivity contribution in [1.82, 2.24) is 14.9 Å². The lowest BCUT2D eigenvalue weighted by Crippen LogP contribution is -2.26. The molecule has 6 nitrogen and oxygen atoms in total. The number of aromatic nitrogens is 2. The molecule has 0 radical (unpaired) electrons. The molecule has 0 unspecified atom stereocenters. The van der Waals surface area contributed by atoms with Crippen LogP contribution in [0.25, 0.3) is 11.4 Å². The Labute approximate surface area is 147 Å². The molecule has 3 aromatic rings. The monoisotopic (exact) mass is 357 g/mol. The molecule has 0 fully saturated rings. The number of nitrogens with zero attached hydrogens (tertiary/aromatic N) is 2. The Balaban J connectivity index is 1.63. The van der Waals surface area contributed by atoms with Crippen LogP contribution in [0.1, 0.15) is 17.0 Å². The maximum Gasteiger partial charge on any atom is 0.240 e. The van der Waals surface area contributed by atoms with Crippen LogP contribution in [-0.4, -0.2) is 25.1 Å². The highest BCUT2D eigenvalue weighted by Crippen LogP contribution is 2.17. The first-order valence-corrected chi connectivity index (χ1v) is 9.39. The van der Waals surface area contributed by atoms with Crippen molar-refractivity contribution in [2.45, 2.75) is 25.2 Å². The second-order valence-electron chi connectivity index (χ2n) is 5.79. The Morgan fingerprint density at radius 2 is 1.76 bits per heavy atom. The van der Waals surface area contributed by atoms with Crippen molar-refractivity contribution in [2.75, 3.05) is 6.54 Å². The molecule has 130 valence electrons. The minimum atomic E-state index is -3.55. The first kappa shape index (κ1) is 17.3. The zero-order chi connectivity index (χ0) is 17.9. The van der Waals surface area contributed by atoms with Gasteiger partial charge in [0, 0.05) is 18.5 Å². The topological polar surface area (TPSA) is 85.1 Å². The van der Waals surface area contributed by atoms with Gasteiger partial charge in [-0.25, -0.2) is 13.1 Å². The van der Waals surface area contributed by atoms with Gasteiger partial charge < -0.3 is 4.52 Å². The van der Waals surface area contributed by atoms with Gasteiger partial charge in [0.25, 0.3) is 0 Å². The van der Waals surface area contributed by atoms with Crippen LogP contribution in [-0.2, 0) is 16.4 Å². The van der Waals surface area contributed by atoms with E-state index in [0.717, 1.165) is 11.1 Å². The molecule has 0 atom stereocenters. The summed E-state index contributed by atoms with van der Waals surface area (Å²) >= 11 is 0. The number of benzene rings is 2. The predicted octanol–water partition coefficient (Wildman–Crippen LogP) is 2.87. The van der Waals surface area contributed by atoms with Crippen molar-refractivity contribution < 1.29 is 12.9 Å². The lowest BCUT2D eigenvalue weighted by molar-refractivity contribution is 0.379. The molecule has 7 heteroatoms. The van der Waals surface area contributed by atoms with E-state index in [2.05, 4.69) is 14.9 Å². The summed E-state index contributed by atoms with van der Waals surface area (Å²) in [6.45, 7) is 3.96. The number of sulfonamides is 1. The van der Waals surface area contributed by atoms with Gasteiger partial charge in [0.2, 0.25) is 21.7 Å². The molecule has 1 aromatic heterocycles. The molecule has 0 spiro atoms. The number of rotatable bonds is 6. The lowest BCUT2D eigenvalue weighted by Gasteiger charge is -2.07. The normalized spacial score (nSPS) is 11.6.